The van der Waals surface area contributed by atoms with Crippen LogP contribution in [0.3, 0.4) is 0 Å². The maximum atomic E-state index is 5.90. The first kappa shape index (κ1) is 19.2. The van der Waals surface area contributed by atoms with Crippen molar-refractivity contribution in [3.63, 3.8) is 0 Å². The third-order valence-corrected chi connectivity index (χ3v) is 5.45. The molecule has 2 N–H and O–H groups in total. The maximum absolute atomic E-state index is 5.90. The number of methoxy groups -OCH3 is 1. The smallest absolute Gasteiger partial charge is 0.214 e. The Kier molecular flexibility index (Phi) is 5.92. The van der Waals surface area contributed by atoms with Gasteiger partial charge in [0, 0.05) is 10.4 Å². The van der Waals surface area contributed by atoms with Crippen LogP contribution < -0.4 is 14.9 Å². The Morgan fingerprint density at radius 2 is 1.97 bits per heavy atom. The Labute approximate surface area is 177 Å². The van der Waals surface area contributed by atoms with Gasteiger partial charge in [0.15, 0.2) is 17.3 Å². The molecule has 0 saturated carbocycles. The van der Waals surface area contributed by atoms with Crippen LogP contribution in [-0.2, 0) is 13.2 Å². The van der Waals surface area contributed by atoms with E-state index in [2.05, 4.69) is 15.6 Å². The van der Waals surface area contributed by atoms with Crippen molar-refractivity contribution in [1.82, 2.24) is 14.9 Å². The number of aromatic nitrogens is 3. The lowest BCUT2D eigenvalue weighted by molar-refractivity contribution is 0.287. The number of ether oxygens (including phenoxy) is 2. The molecule has 0 bridgehead atoms. The first-order valence-electron chi connectivity index (χ1n) is 9.03. The molecule has 0 atom stereocenters. The van der Waals surface area contributed by atoms with Gasteiger partial charge in [-0.05, 0) is 41.4 Å². The lowest BCUT2D eigenvalue weighted by Crippen LogP contribution is -2.16. The lowest BCUT2D eigenvalue weighted by atomic mass is 10.2. The van der Waals surface area contributed by atoms with Gasteiger partial charge in [0.2, 0.25) is 4.77 Å². The van der Waals surface area contributed by atoms with Crippen LogP contribution in [0.5, 0.6) is 11.5 Å². The standard InChI is InChI=1S/C21H20N4O2S2/c1-26-19-12-15(9-10-18(19)27-14-17-8-5-11-29-17)13-22-25-20(23-24-21(25)28)16-6-3-2-4-7-16/h2-12,22H,13-14H2,1H3,(H,24,28). The summed E-state index contributed by atoms with van der Waals surface area (Å²) in [5.74, 6) is 2.15. The predicted octanol–water partition coefficient (Wildman–Crippen LogP) is 5.00. The minimum Gasteiger partial charge on any atom is -0.493 e. The van der Waals surface area contributed by atoms with Gasteiger partial charge in [0.1, 0.15) is 6.61 Å². The van der Waals surface area contributed by atoms with Crippen LogP contribution in [0.2, 0.25) is 0 Å². The molecule has 4 rings (SSSR count). The second-order valence-corrected chi connectivity index (χ2v) is 7.66. The number of benzene rings is 2. The fraction of sp³-hybridized carbons (Fsp3) is 0.143. The average molecular weight is 425 g/mol. The highest BCUT2D eigenvalue weighted by atomic mass is 32.1. The predicted molar refractivity (Wildman–Crippen MR) is 118 cm³/mol. The van der Waals surface area contributed by atoms with Crippen LogP contribution in [0.25, 0.3) is 11.4 Å². The topological polar surface area (TPSA) is 64.1 Å². The summed E-state index contributed by atoms with van der Waals surface area (Å²) in [5, 5.41) is 9.21. The number of nitrogens with zero attached hydrogens (tertiary/aromatic N) is 2. The van der Waals surface area contributed by atoms with Crippen LogP contribution >= 0.6 is 23.6 Å². The molecule has 0 aliphatic rings. The Morgan fingerprint density at radius 1 is 1.10 bits per heavy atom. The van der Waals surface area contributed by atoms with Gasteiger partial charge in [-0.15, -0.1) is 11.3 Å². The lowest BCUT2D eigenvalue weighted by Gasteiger charge is -2.13. The number of rotatable bonds is 8. The normalized spacial score (nSPS) is 10.7. The van der Waals surface area contributed by atoms with E-state index >= 15 is 0 Å². The molecule has 148 valence electrons. The molecule has 8 heteroatoms. The van der Waals surface area contributed by atoms with Crippen molar-refractivity contribution in [3.8, 4) is 22.9 Å². The molecule has 0 saturated heterocycles. The Hall–Kier alpha value is -3.10. The zero-order valence-electron chi connectivity index (χ0n) is 15.8. The van der Waals surface area contributed by atoms with Gasteiger partial charge in [0.25, 0.3) is 0 Å². The second-order valence-electron chi connectivity index (χ2n) is 6.24. The first-order chi connectivity index (χ1) is 14.2. The van der Waals surface area contributed by atoms with Crippen LogP contribution in [0, 0.1) is 4.77 Å². The van der Waals surface area contributed by atoms with E-state index in [0.29, 0.717) is 23.7 Å². The van der Waals surface area contributed by atoms with Crippen molar-refractivity contribution in [2.75, 3.05) is 12.5 Å². The minimum atomic E-state index is 0.506. The number of H-pyrrole nitrogens is 1. The van der Waals surface area contributed by atoms with Gasteiger partial charge in [-0.25, -0.2) is 9.77 Å². The largest absolute Gasteiger partial charge is 0.493 e. The van der Waals surface area contributed by atoms with Gasteiger partial charge in [-0.3, -0.25) is 0 Å². The molecule has 2 aromatic heterocycles. The quantitative estimate of drug-likeness (QED) is 0.390. The van der Waals surface area contributed by atoms with Gasteiger partial charge in [0.05, 0.1) is 13.7 Å². The van der Waals surface area contributed by atoms with Gasteiger partial charge in [-0.1, -0.05) is 42.5 Å². The summed E-state index contributed by atoms with van der Waals surface area (Å²) in [7, 11) is 1.64. The zero-order valence-corrected chi connectivity index (χ0v) is 17.4. The Balaban J connectivity index is 1.48. The molecule has 0 spiro atoms. The van der Waals surface area contributed by atoms with Crippen molar-refractivity contribution >= 4 is 23.6 Å². The summed E-state index contributed by atoms with van der Waals surface area (Å²) in [4.78, 5) is 1.17. The zero-order chi connectivity index (χ0) is 20.1. The van der Waals surface area contributed by atoms with Crippen molar-refractivity contribution in [2.45, 2.75) is 13.2 Å². The third kappa shape index (κ3) is 4.49. The SMILES string of the molecule is COc1cc(CNn2c(-c3ccccc3)n[nH]c2=S)ccc1OCc1cccs1. The highest BCUT2D eigenvalue weighted by Crippen LogP contribution is 2.29. The van der Waals surface area contributed by atoms with E-state index in [4.69, 9.17) is 21.7 Å². The van der Waals surface area contributed by atoms with Crippen molar-refractivity contribution in [1.29, 1.82) is 0 Å². The highest BCUT2D eigenvalue weighted by Gasteiger charge is 2.10. The van der Waals surface area contributed by atoms with E-state index in [1.165, 1.54) is 4.88 Å². The van der Waals surface area contributed by atoms with Gasteiger partial charge >= 0.3 is 0 Å². The van der Waals surface area contributed by atoms with E-state index in [0.717, 1.165) is 22.7 Å². The van der Waals surface area contributed by atoms with Crippen molar-refractivity contribution in [3.05, 3.63) is 81.3 Å². The molecular formula is C21H20N4O2S2. The van der Waals surface area contributed by atoms with Gasteiger partial charge < -0.3 is 14.9 Å². The van der Waals surface area contributed by atoms with E-state index < -0.39 is 0 Å². The molecule has 0 radical (unpaired) electrons. The maximum Gasteiger partial charge on any atom is 0.214 e. The summed E-state index contributed by atoms with van der Waals surface area (Å²) in [6.45, 7) is 1.07. The van der Waals surface area contributed by atoms with Crippen LogP contribution in [0.4, 0.5) is 0 Å². The number of hydrogen-bond acceptors (Lipinski definition) is 6. The summed E-state index contributed by atoms with van der Waals surface area (Å²) < 4.78 is 13.7. The van der Waals surface area contributed by atoms with Gasteiger partial charge in [-0.2, -0.15) is 5.10 Å². The van der Waals surface area contributed by atoms with E-state index in [9.17, 15) is 0 Å². The molecule has 0 aliphatic carbocycles. The fourth-order valence-corrected chi connectivity index (χ4v) is 3.69. The molecule has 0 unspecified atom stereocenters. The molecule has 0 fully saturated rings. The molecule has 2 aromatic carbocycles. The van der Waals surface area contributed by atoms with Crippen molar-refractivity contribution in [2.24, 2.45) is 0 Å². The van der Waals surface area contributed by atoms with E-state index in [1.54, 1.807) is 23.1 Å². The molecule has 2 heterocycles. The number of hydrogen-bond donors (Lipinski definition) is 2. The third-order valence-electron chi connectivity index (χ3n) is 4.32. The molecule has 29 heavy (non-hydrogen) atoms. The van der Waals surface area contributed by atoms with E-state index in [-0.39, 0.29) is 0 Å². The average Bonchev–Trinajstić information content (AvgIpc) is 3.41. The van der Waals surface area contributed by atoms with Crippen LogP contribution in [-0.4, -0.2) is 22.0 Å². The number of thiophene rings is 1. The molecule has 0 amide bonds. The van der Waals surface area contributed by atoms with Crippen LogP contribution in [0.15, 0.2) is 66.0 Å². The highest BCUT2D eigenvalue weighted by molar-refractivity contribution is 7.71. The Morgan fingerprint density at radius 3 is 2.72 bits per heavy atom. The minimum absolute atomic E-state index is 0.506. The summed E-state index contributed by atoms with van der Waals surface area (Å²) in [6.07, 6.45) is 0. The molecular weight excluding hydrogens is 404 g/mol. The molecule has 4 aromatic rings. The number of nitrogens with one attached hydrogen (secondary N) is 2. The molecule has 6 nitrogen and oxygen atoms in total. The first-order valence-corrected chi connectivity index (χ1v) is 10.3. The summed E-state index contributed by atoms with van der Waals surface area (Å²) in [6, 6.07) is 19.8. The van der Waals surface area contributed by atoms with E-state index in [1.807, 2.05) is 66.0 Å². The summed E-state index contributed by atoms with van der Waals surface area (Å²) in [5.41, 5.74) is 5.33. The molecule has 0 aliphatic heterocycles. The Bertz CT molecular complexity index is 1120. The monoisotopic (exact) mass is 424 g/mol. The van der Waals surface area contributed by atoms with Crippen molar-refractivity contribution < 1.29 is 9.47 Å². The fourth-order valence-electron chi connectivity index (χ4n) is 2.88. The second kappa shape index (κ2) is 8.93. The number of aromatic amines is 1. The summed E-state index contributed by atoms with van der Waals surface area (Å²) >= 11 is 7.04. The van der Waals surface area contributed by atoms with Crippen LogP contribution in [0.1, 0.15) is 10.4 Å².